The first-order valence-electron chi connectivity index (χ1n) is 12.3. The first-order chi connectivity index (χ1) is 17.3. The molecule has 0 radical (unpaired) electrons. The number of aliphatic hydroxyl groups is 3. The molecule has 1 unspecified atom stereocenters. The van der Waals surface area contributed by atoms with Gasteiger partial charge in [-0.25, -0.2) is 0 Å². The Bertz CT molecular complexity index is 1280. The number of primary amides is 1. The van der Waals surface area contributed by atoms with Gasteiger partial charge in [0, 0.05) is 30.3 Å². The van der Waals surface area contributed by atoms with Crippen LogP contribution in [0.15, 0.2) is 40.9 Å². The predicted molar refractivity (Wildman–Crippen MR) is 132 cm³/mol. The van der Waals surface area contributed by atoms with E-state index in [9.17, 15) is 39.6 Å². The fourth-order valence-electron chi connectivity index (χ4n) is 6.71. The van der Waals surface area contributed by atoms with Crippen molar-refractivity contribution in [2.45, 2.75) is 50.7 Å². The number of nitrogens with two attached hydrogens (primary N) is 1. The monoisotopic (exact) mass is 512 g/mol. The summed E-state index contributed by atoms with van der Waals surface area (Å²) in [6.45, 7) is 3.61. The maximum atomic E-state index is 13.8. The number of nitrogens with zero attached hydrogens (tertiary/aromatic N) is 1. The van der Waals surface area contributed by atoms with Gasteiger partial charge in [0.15, 0.2) is 11.4 Å². The summed E-state index contributed by atoms with van der Waals surface area (Å²) in [5.74, 6) is -9.03. The van der Waals surface area contributed by atoms with Gasteiger partial charge in [-0.2, -0.15) is 0 Å². The van der Waals surface area contributed by atoms with Crippen LogP contribution in [0.3, 0.4) is 0 Å². The number of hydrogen-bond acceptors (Lipinski definition) is 9. The highest BCUT2D eigenvalue weighted by Crippen LogP contribution is 2.58. The van der Waals surface area contributed by atoms with E-state index in [1.807, 2.05) is 6.92 Å². The van der Waals surface area contributed by atoms with Gasteiger partial charge in [-0.15, -0.1) is 0 Å². The SMILES string of the molecule is CCCC(=O)C[C@@H]1[C@H]2[C@H](N(C)C)C(O)=C(C(N)=O)C(=O)[C@@]2(O)C(O)=C2C(=O)c3c(O)cccc3C(C)[C@H]21. The van der Waals surface area contributed by atoms with Crippen LogP contribution in [0.5, 0.6) is 5.75 Å². The smallest absolute Gasteiger partial charge is 0.255 e. The molecule has 0 saturated carbocycles. The van der Waals surface area contributed by atoms with Gasteiger partial charge in [0.2, 0.25) is 5.78 Å². The molecule has 0 aromatic heterocycles. The second-order valence-corrected chi connectivity index (χ2v) is 10.5. The number of fused-ring (bicyclic) bond motifs is 3. The molecule has 1 aromatic carbocycles. The summed E-state index contributed by atoms with van der Waals surface area (Å²) >= 11 is 0. The third-order valence-electron chi connectivity index (χ3n) is 8.17. The molecule has 0 spiro atoms. The number of rotatable bonds is 6. The lowest BCUT2D eigenvalue weighted by Gasteiger charge is -2.55. The number of aliphatic hydroxyl groups excluding tert-OH is 2. The molecular formula is C27H32N2O8. The predicted octanol–water partition coefficient (Wildman–Crippen LogP) is 1.67. The van der Waals surface area contributed by atoms with Crippen LogP contribution >= 0.6 is 0 Å². The molecule has 10 nitrogen and oxygen atoms in total. The molecule has 3 aliphatic carbocycles. The topological polar surface area (TPSA) is 178 Å². The lowest BCUT2D eigenvalue weighted by atomic mass is 9.51. The van der Waals surface area contributed by atoms with Crippen molar-refractivity contribution in [1.29, 1.82) is 0 Å². The number of hydrogen-bond donors (Lipinski definition) is 5. The Labute approximate surface area is 214 Å². The third-order valence-corrected chi connectivity index (χ3v) is 8.17. The number of allylic oxidation sites excluding steroid dienone is 1. The summed E-state index contributed by atoms with van der Waals surface area (Å²) in [5, 5.41) is 45.1. The summed E-state index contributed by atoms with van der Waals surface area (Å²) < 4.78 is 0. The number of amides is 1. The van der Waals surface area contributed by atoms with E-state index in [0.717, 1.165) is 0 Å². The Balaban J connectivity index is 2.09. The molecule has 37 heavy (non-hydrogen) atoms. The second-order valence-electron chi connectivity index (χ2n) is 10.5. The zero-order valence-corrected chi connectivity index (χ0v) is 21.2. The van der Waals surface area contributed by atoms with E-state index in [-0.39, 0.29) is 35.5 Å². The quantitative estimate of drug-likeness (QED) is 0.355. The van der Waals surface area contributed by atoms with Gasteiger partial charge in [-0.05, 0) is 44.0 Å². The molecular weight excluding hydrogens is 480 g/mol. The highest BCUT2D eigenvalue weighted by molar-refractivity contribution is 6.25. The number of benzene rings is 1. The lowest BCUT2D eigenvalue weighted by molar-refractivity contribution is -0.156. The van der Waals surface area contributed by atoms with Gasteiger partial charge < -0.3 is 26.2 Å². The van der Waals surface area contributed by atoms with Crippen molar-refractivity contribution in [1.82, 2.24) is 4.90 Å². The maximum Gasteiger partial charge on any atom is 0.255 e. The van der Waals surface area contributed by atoms with Crippen molar-refractivity contribution in [2.24, 2.45) is 23.5 Å². The van der Waals surface area contributed by atoms with Crippen LogP contribution in [0, 0.1) is 17.8 Å². The molecule has 0 fully saturated rings. The van der Waals surface area contributed by atoms with Crippen LogP contribution in [0.1, 0.15) is 54.9 Å². The summed E-state index contributed by atoms with van der Waals surface area (Å²) in [6, 6.07) is 3.41. The minimum Gasteiger partial charge on any atom is -0.510 e. The van der Waals surface area contributed by atoms with Crippen LogP contribution in [0.4, 0.5) is 0 Å². The van der Waals surface area contributed by atoms with Crippen molar-refractivity contribution in [2.75, 3.05) is 14.1 Å². The molecule has 0 heterocycles. The van der Waals surface area contributed by atoms with Crippen LogP contribution in [-0.2, 0) is 14.4 Å². The lowest BCUT2D eigenvalue weighted by Crippen LogP contribution is -2.67. The Morgan fingerprint density at radius 2 is 1.78 bits per heavy atom. The average Bonchev–Trinajstić information content (AvgIpc) is 2.80. The van der Waals surface area contributed by atoms with Crippen LogP contribution < -0.4 is 5.73 Å². The largest absolute Gasteiger partial charge is 0.510 e. The Hall–Kier alpha value is -3.50. The molecule has 0 bridgehead atoms. The molecule has 10 heteroatoms. The number of carbonyl (C=O) groups is 4. The number of aromatic hydroxyl groups is 1. The van der Waals surface area contributed by atoms with Crippen molar-refractivity contribution in [3.05, 3.63) is 52.0 Å². The number of likely N-dealkylation sites (N-methyl/N-ethyl adjacent to an activating group) is 1. The van der Waals surface area contributed by atoms with E-state index in [2.05, 4.69) is 0 Å². The second kappa shape index (κ2) is 9.11. The van der Waals surface area contributed by atoms with Gasteiger partial charge in [0.1, 0.15) is 28.6 Å². The van der Waals surface area contributed by atoms with E-state index in [1.165, 1.54) is 11.0 Å². The van der Waals surface area contributed by atoms with Crippen molar-refractivity contribution < 1.29 is 39.6 Å². The van der Waals surface area contributed by atoms with Crippen molar-refractivity contribution >= 4 is 23.3 Å². The fourth-order valence-corrected chi connectivity index (χ4v) is 6.71. The summed E-state index contributed by atoms with van der Waals surface area (Å²) in [7, 11) is 3.11. The first kappa shape index (κ1) is 26.6. The minimum atomic E-state index is -2.81. The Morgan fingerprint density at radius 3 is 2.35 bits per heavy atom. The van der Waals surface area contributed by atoms with Gasteiger partial charge in [0.05, 0.1) is 11.6 Å². The zero-order chi connectivity index (χ0) is 27.6. The molecule has 6 atom stereocenters. The third kappa shape index (κ3) is 3.61. The minimum absolute atomic E-state index is 0.0607. The number of carbonyl (C=O) groups excluding carboxylic acids is 4. The first-order valence-corrected chi connectivity index (χ1v) is 12.3. The molecule has 1 amide bonds. The number of phenols is 1. The van der Waals surface area contributed by atoms with Gasteiger partial charge in [-0.1, -0.05) is 26.0 Å². The van der Waals surface area contributed by atoms with Crippen LogP contribution in [0.25, 0.3) is 0 Å². The molecule has 4 rings (SSSR count). The normalized spacial score (nSPS) is 31.2. The van der Waals surface area contributed by atoms with E-state index in [0.29, 0.717) is 12.0 Å². The molecule has 0 saturated heterocycles. The average molecular weight is 513 g/mol. The van der Waals surface area contributed by atoms with E-state index < -0.39 is 69.9 Å². The van der Waals surface area contributed by atoms with E-state index in [1.54, 1.807) is 33.2 Å². The van der Waals surface area contributed by atoms with Gasteiger partial charge in [-0.3, -0.25) is 24.1 Å². The van der Waals surface area contributed by atoms with E-state index >= 15 is 0 Å². The molecule has 1 aromatic rings. The van der Waals surface area contributed by atoms with Gasteiger partial charge in [0.25, 0.3) is 5.91 Å². The van der Waals surface area contributed by atoms with E-state index in [4.69, 9.17) is 5.73 Å². The zero-order valence-electron chi connectivity index (χ0n) is 21.2. The molecule has 0 aliphatic heterocycles. The summed E-state index contributed by atoms with van der Waals surface area (Å²) in [4.78, 5) is 54.1. The highest BCUT2D eigenvalue weighted by Gasteiger charge is 2.67. The number of Topliss-reactive ketones (excluding diaryl/α,β-unsaturated/α-hetero) is 3. The van der Waals surface area contributed by atoms with Crippen LogP contribution in [-0.4, -0.2) is 74.3 Å². The maximum absolute atomic E-state index is 13.8. The Morgan fingerprint density at radius 1 is 1.14 bits per heavy atom. The summed E-state index contributed by atoms with van der Waals surface area (Å²) in [6.07, 6.45) is 0.621. The standard InChI is InChI=1S/C27H32N2O8/c1-5-7-12(30)10-14-16-11(2)13-8-6-9-15(31)17(13)22(32)18(16)24(34)27(37)20(14)21(29(3)4)23(33)19(25(27)35)26(28)36/h6,8-9,11,14,16,20-21,31,33-34,37H,5,7,10H2,1-4H3,(H2,28,36)/t11?,14-,16-,20-,21-,27-/m0/s1. The molecule has 3 aliphatic rings. The van der Waals surface area contributed by atoms with Crippen molar-refractivity contribution in [3.63, 3.8) is 0 Å². The van der Waals surface area contributed by atoms with Crippen molar-refractivity contribution in [3.8, 4) is 5.75 Å². The Kier molecular flexibility index (Phi) is 6.54. The molecule has 198 valence electrons. The number of ketones is 3. The highest BCUT2D eigenvalue weighted by atomic mass is 16.3. The number of phenolic OH excluding ortho intramolecular Hbond substituents is 1. The van der Waals surface area contributed by atoms with Crippen LogP contribution in [0.2, 0.25) is 0 Å². The fraction of sp³-hybridized carbons (Fsp3) is 0.481. The summed E-state index contributed by atoms with van der Waals surface area (Å²) in [5.41, 5.74) is 1.87. The molecule has 6 N–H and O–H groups in total. The van der Waals surface area contributed by atoms with Gasteiger partial charge >= 0.3 is 0 Å².